The second-order valence-electron chi connectivity index (χ2n) is 7.26. The highest BCUT2D eigenvalue weighted by Crippen LogP contribution is 2.28. The Kier molecular flexibility index (Phi) is 5.13. The average molecular weight is 342 g/mol. The van der Waals surface area contributed by atoms with Gasteiger partial charge in [-0.15, -0.1) is 0 Å². The van der Waals surface area contributed by atoms with Gasteiger partial charge in [0.05, 0.1) is 5.69 Å². The molecule has 0 amide bonds. The van der Waals surface area contributed by atoms with E-state index in [1.54, 1.807) is 12.1 Å². The summed E-state index contributed by atoms with van der Waals surface area (Å²) >= 11 is 0. The quantitative estimate of drug-likeness (QED) is 0.905. The van der Waals surface area contributed by atoms with Crippen molar-refractivity contribution in [1.29, 1.82) is 0 Å². The van der Waals surface area contributed by atoms with Crippen LogP contribution in [0.5, 0.6) is 0 Å². The summed E-state index contributed by atoms with van der Waals surface area (Å²) in [5, 5.41) is 3.43. The predicted octanol–water partition coefficient (Wildman–Crippen LogP) is 3.25. The van der Waals surface area contributed by atoms with Gasteiger partial charge in [-0.05, 0) is 64.0 Å². The summed E-state index contributed by atoms with van der Waals surface area (Å²) in [7, 11) is 0. The van der Waals surface area contributed by atoms with Crippen molar-refractivity contribution in [2.24, 2.45) is 0 Å². The maximum Gasteiger partial charge on any atom is 0.123 e. The molecule has 134 valence electrons. The van der Waals surface area contributed by atoms with E-state index >= 15 is 0 Å². The van der Waals surface area contributed by atoms with Gasteiger partial charge in [0.1, 0.15) is 11.6 Å². The largest absolute Gasteiger partial charge is 0.333 e. The lowest BCUT2D eigenvalue weighted by molar-refractivity contribution is 0.316. The first kappa shape index (κ1) is 16.7. The van der Waals surface area contributed by atoms with Crippen molar-refractivity contribution in [1.82, 2.24) is 19.8 Å². The Hall–Kier alpha value is -1.72. The third kappa shape index (κ3) is 3.93. The molecule has 2 aliphatic heterocycles. The zero-order valence-electron chi connectivity index (χ0n) is 14.8. The predicted molar refractivity (Wildman–Crippen MR) is 98.1 cm³/mol. The molecule has 2 aliphatic rings. The molecule has 0 spiro atoms. The van der Waals surface area contributed by atoms with Gasteiger partial charge in [-0.1, -0.05) is 12.1 Å². The minimum atomic E-state index is -0.201. The van der Waals surface area contributed by atoms with Crippen LogP contribution in [0.15, 0.2) is 30.5 Å². The van der Waals surface area contributed by atoms with E-state index in [0.717, 1.165) is 50.3 Å². The van der Waals surface area contributed by atoms with Crippen molar-refractivity contribution >= 4 is 0 Å². The molecule has 2 saturated heterocycles. The first-order valence-corrected chi connectivity index (χ1v) is 9.56. The molecule has 2 aromatic rings. The van der Waals surface area contributed by atoms with Crippen LogP contribution < -0.4 is 5.32 Å². The molecule has 0 aliphatic carbocycles. The highest BCUT2D eigenvalue weighted by atomic mass is 19.1. The maximum atomic E-state index is 13.6. The fraction of sp³-hybridized carbons (Fsp3) is 0.550. The molecule has 0 radical (unpaired) electrons. The number of nitrogens with zero attached hydrogens (tertiary/aromatic N) is 3. The number of imidazole rings is 1. The van der Waals surface area contributed by atoms with Gasteiger partial charge in [0.25, 0.3) is 0 Å². The first-order valence-electron chi connectivity index (χ1n) is 9.56. The van der Waals surface area contributed by atoms with Crippen molar-refractivity contribution < 1.29 is 4.39 Å². The molecule has 0 atom stereocenters. The fourth-order valence-electron chi connectivity index (χ4n) is 4.06. The van der Waals surface area contributed by atoms with E-state index in [2.05, 4.69) is 21.0 Å². The lowest BCUT2D eigenvalue weighted by Gasteiger charge is -2.24. The Labute approximate surface area is 149 Å². The minimum absolute atomic E-state index is 0.201. The molecular weight excluding hydrogens is 315 g/mol. The molecule has 0 saturated carbocycles. The third-order valence-electron chi connectivity index (χ3n) is 5.49. The van der Waals surface area contributed by atoms with Crippen molar-refractivity contribution in [2.75, 3.05) is 32.7 Å². The normalized spacial score (nSPS) is 19.6. The van der Waals surface area contributed by atoms with Crippen molar-refractivity contribution in [3.05, 3.63) is 42.1 Å². The summed E-state index contributed by atoms with van der Waals surface area (Å²) in [5.74, 6) is 1.48. The van der Waals surface area contributed by atoms with Crippen LogP contribution in [0.25, 0.3) is 11.3 Å². The smallest absolute Gasteiger partial charge is 0.123 e. The van der Waals surface area contributed by atoms with Gasteiger partial charge < -0.3 is 14.8 Å². The van der Waals surface area contributed by atoms with Crippen LogP contribution in [0.3, 0.4) is 0 Å². The second kappa shape index (κ2) is 7.67. The minimum Gasteiger partial charge on any atom is -0.333 e. The molecule has 4 nitrogen and oxygen atoms in total. The van der Waals surface area contributed by atoms with Crippen LogP contribution >= 0.6 is 0 Å². The van der Waals surface area contributed by atoms with Gasteiger partial charge in [-0.2, -0.15) is 0 Å². The van der Waals surface area contributed by atoms with Gasteiger partial charge in [0.15, 0.2) is 0 Å². The number of nitrogens with one attached hydrogen (secondary N) is 1. The van der Waals surface area contributed by atoms with E-state index in [-0.39, 0.29) is 5.82 Å². The molecule has 25 heavy (non-hydrogen) atoms. The highest BCUT2D eigenvalue weighted by molar-refractivity contribution is 5.58. The van der Waals surface area contributed by atoms with Crippen LogP contribution in [-0.2, 0) is 6.54 Å². The SMILES string of the molecule is Fc1cccc(-c2cn(CCN3CCCC3)c(C3CCNCC3)n2)c1. The molecule has 1 aromatic heterocycles. The summed E-state index contributed by atoms with van der Waals surface area (Å²) in [6.07, 6.45) is 7.02. The van der Waals surface area contributed by atoms with Crippen molar-refractivity contribution in [3.8, 4) is 11.3 Å². The molecule has 1 N–H and O–H groups in total. The van der Waals surface area contributed by atoms with Crippen molar-refractivity contribution in [3.63, 3.8) is 0 Å². The summed E-state index contributed by atoms with van der Waals surface area (Å²) < 4.78 is 15.9. The zero-order valence-corrected chi connectivity index (χ0v) is 14.8. The number of likely N-dealkylation sites (tertiary alicyclic amines) is 1. The second-order valence-corrected chi connectivity index (χ2v) is 7.26. The monoisotopic (exact) mass is 342 g/mol. The van der Waals surface area contributed by atoms with E-state index in [1.807, 2.05) is 6.07 Å². The standard InChI is InChI=1S/C20H27FN4/c21-18-5-3-4-17(14-18)19-15-25(13-12-24-10-1-2-11-24)20(23-19)16-6-8-22-9-7-16/h3-5,14-16,22H,1-2,6-13H2. The van der Waals surface area contributed by atoms with E-state index in [4.69, 9.17) is 4.98 Å². The Morgan fingerprint density at radius 1 is 1.12 bits per heavy atom. The summed E-state index contributed by atoms with van der Waals surface area (Å²) in [6, 6.07) is 6.78. The molecule has 2 fully saturated rings. The van der Waals surface area contributed by atoms with Crippen LogP contribution in [0.2, 0.25) is 0 Å². The van der Waals surface area contributed by atoms with E-state index in [9.17, 15) is 4.39 Å². The van der Waals surface area contributed by atoms with Crippen LogP contribution in [0, 0.1) is 5.82 Å². The third-order valence-corrected chi connectivity index (χ3v) is 5.49. The average Bonchev–Trinajstić information content (AvgIpc) is 3.30. The van der Waals surface area contributed by atoms with E-state index < -0.39 is 0 Å². The number of hydrogen-bond donors (Lipinski definition) is 1. The van der Waals surface area contributed by atoms with Crippen LogP contribution in [0.1, 0.15) is 37.4 Å². The van der Waals surface area contributed by atoms with Gasteiger partial charge in [-0.25, -0.2) is 9.37 Å². The molecular formula is C20H27FN4. The van der Waals surface area contributed by atoms with Crippen LogP contribution in [0.4, 0.5) is 4.39 Å². The molecule has 0 unspecified atom stereocenters. The number of benzene rings is 1. The van der Waals surface area contributed by atoms with Crippen LogP contribution in [-0.4, -0.2) is 47.2 Å². The number of hydrogen-bond acceptors (Lipinski definition) is 3. The first-order chi connectivity index (χ1) is 12.3. The van der Waals surface area contributed by atoms with Gasteiger partial charge in [0.2, 0.25) is 0 Å². The summed E-state index contributed by atoms with van der Waals surface area (Å²) in [5.41, 5.74) is 1.77. The maximum absolute atomic E-state index is 13.6. The number of rotatable bonds is 5. The topological polar surface area (TPSA) is 33.1 Å². The number of piperidine rings is 1. The summed E-state index contributed by atoms with van der Waals surface area (Å²) in [4.78, 5) is 7.48. The zero-order chi connectivity index (χ0) is 17.1. The molecule has 0 bridgehead atoms. The van der Waals surface area contributed by atoms with Gasteiger partial charge in [-0.3, -0.25) is 0 Å². The molecule has 5 heteroatoms. The highest BCUT2D eigenvalue weighted by Gasteiger charge is 2.22. The Bertz CT molecular complexity index is 699. The summed E-state index contributed by atoms with van der Waals surface area (Å²) in [6.45, 7) is 6.60. The van der Waals surface area contributed by atoms with Crippen molar-refractivity contribution in [2.45, 2.75) is 38.1 Å². The molecule has 1 aromatic carbocycles. The van der Waals surface area contributed by atoms with Gasteiger partial charge >= 0.3 is 0 Å². The van der Waals surface area contributed by atoms with Gasteiger partial charge in [0, 0.05) is 30.8 Å². The fourth-order valence-corrected chi connectivity index (χ4v) is 4.06. The lowest BCUT2D eigenvalue weighted by atomic mass is 9.97. The molecule has 4 rings (SSSR count). The van der Waals surface area contributed by atoms with E-state index in [1.165, 1.54) is 37.8 Å². The lowest BCUT2D eigenvalue weighted by Crippen LogP contribution is -2.29. The van der Waals surface area contributed by atoms with E-state index in [0.29, 0.717) is 5.92 Å². The molecule has 3 heterocycles. The Balaban J connectivity index is 1.59. The Morgan fingerprint density at radius 3 is 2.68 bits per heavy atom. The number of aromatic nitrogens is 2. The Morgan fingerprint density at radius 2 is 1.92 bits per heavy atom. The number of halogens is 1.